The summed E-state index contributed by atoms with van der Waals surface area (Å²) >= 11 is 0. The van der Waals surface area contributed by atoms with Gasteiger partial charge in [-0.3, -0.25) is 4.79 Å². The Balaban J connectivity index is 1.80. The largest absolute Gasteiger partial charge is 0.449 e. The number of aromatic nitrogens is 1. The van der Waals surface area contributed by atoms with E-state index in [2.05, 4.69) is 0 Å². The van der Waals surface area contributed by atoms with Gasteiger partial charge in [0.25, 0.3) is 5.91 Å². The summed E-state index contributed by atoms with van der Waals surface area (Å²) in [6, 6.07) is 15.6. The van der Waals surface area contributed by atoms with Gasteiger partial charge in [0.1, 0.15) is 5.69 Å². The van der Waals surface area contributed by atoms with E-state index < -0.39 is 12.1 Å². The maximum atomic E-state index is 14.4. The number of aliphatic hydroxyl groups is 1. The first kappa shape index (κ1) is 28.6. The number of amides is 2. The van der Waals surface area contributed by atoms with Crippen LogP contribution in [-0.4, -0.2) is 77.0 Å². The van der Waals surface area contributed by atoms with E-state index in [0.717, 1.165) is 27.6 Å². The zero-order valence-electron chi connectivity index (χ0n) is 23.9. The van der Waals surface area contributed by atoms with Crippen molar-refractivity contribution in [3.05, 3.63) is 59.8 Å². The fourth-order valence-corrected chi connectivity index (χ4v) is 5.22. The van der Waals surface area contributed by atoms with Gasteiger partial charge in [0, 0.05) is 43.0 Å². The molecule has 0 spiro atoms. The molecule has 0 aliphatic carbocycles. The molecule has 0 fully saturated rings. The quantitative estimate of drug-likeness (QED) is 0.484. The highest BCUT2D eigenvalue weighted by molar-refractivity contribution is 6.10. The average molecular weight is 536 g/mol. The van der Waals surface area contributed by atoms with Crippen LogP contribution in [0.25, 0.3) is 22.0 Å². The van der Waals surface area contributed by atoms with Crippen LogP contribution in [0.2, 0.25) is 0 Å². The number of carbonyl (C=O) groups excluding carboxylic acids is 2. The average Bonchev–Trinajstić information content (AvgIpc) is 3.22. The highest BCUT2D eigenvalue weighted by Gasteiger charge is 2.34. The molecule has 1 aliphatic rings. The van der Waals surface area contributed by atoms with E-state index in [0.29, 0.717) is 32.0 Å². The Hall–Kier alpha value is -3.36. The van der Waals surface area contributed by atoms with Crippen LogP contribution in [0.4, 0.5) is 4.79 Å². The second-order valence-corrected chi connectivity index (χ2v) is 11.1. The van der Waals surface area contributed by atoms with E-state index >= 15 is 0 Å². The maximum Gasteiger partial charge on any atom is 0.409 e. The highest BCUT2D eigenvalue weighted by atomic mass is 16.6. The number of carbonyl (C=O) groups is 2. The van der Waals surface area contributed by atoms with Gasteiger partial charge in [-0.1, -0.05) is 63.2 Å². The first-order valence-electron chi connectivity index (χ1n) is 13.7. The number of rotatable bonds is 6. The summed E-state index contributed by atoms with van der Waals surface area (Å²) < 4.78 is 13.9. The van der Waals surface area contributed by atoms with Crippen LogP contribution in [0.15, 0.2) is 48.5 Å². The number of likely N-dealkylation sites (N-methyl/N-ethyl adjacent to an activating group) is 1. The first-order valence-corrected chi connectivity index (χ1v) is 13.7. The van der Waals surface area contributed by atoms with Crippen LogP contribution in [0.1, 0.15) is 43.7 Å². The first-order chi connectivity index (χ1) is 18.6. The second-order valence-electron chi connectivity index (χ2n) is 11.1. The van der Waals surface area contributed by atoms with Gasteiger partial charge in [-0.25, -0.2) is 4.79 Å². The molecule has 2 aromatic carbocycles. The Kier molecular flexibility index (Phi) is 8.97. The SMILES string of the molecule is CC(C)COC(=O)N(C)C[C@H]1OCc2ccccc2-c2c(n(C)c3ccccc23)C(=O)N([C@@H](C)CO)C[C@H]1C. The molecule has 0 saturated heterocycles. The van der Waals surface area contributed by atoms with Crippen molar-refractivity contribution >= 4 is 22.9 Å². The molecule has 0 saturated carbocycles. The predicted molar refractivity (Wildman–Crippen MR) is 152 cm³/mol. The normalized spacial score (nSPS) is 18.9. The van der Waals surface area contributed by atoms with Gasteiger partial charge < -0.3 is 28.9 Å². The van der Waals surface area contributed by atoms with Crippen molar-refractivity contribution in [3.8, 4) is 11.1 Å². The lowest BCUT2D eigenvalue weighted by Crippen LogP contribution is -2.48. The third kappa shape index (κ3) is 5.97. The monoisotopic (exact) mass is 535 g/mol. The van der Waals surface area contributed by atoms with Crippen molar-refractivity contribution in [2.24, 2.45) is 18.9 Å². The lowest BCUT2D eigenvalue weighted by molar-refractivity contribution is -0.0235. The summed E-state index contributed by atoms with van der Waals surface area (Å²) in [7, 11) is 3.63. The van der Waals surface area contributed by atoms with Gasteiger partial charge >= 0.3 is 6.09 Å². The number of nitrogens with zero attached hydrogens (tertiary/aromatic N) is 3. The molecule has 8 nitrogen and oxygen atoms in total. The van der Waals surface area contributed by atoms with Crippen molar-refractivity contribution in [2.45, 2.75) is 46.4 Å². The minimum Gasteiger partial charge on any atom is -0.449 e. The maximum absolute atomic E-state index is 14.4. The predicted octanol–water partition coefficient (Wildman–Crippen LogP) is 4.93. The lowest BCUT2D eigenvalue weighted by atomic mass is 9.96. The third-order valence-corrected chi connectivity index (χ3v) is 7.53. The van der Waals surface area contributed by atoms with Gasteiger partial charge in [0.05, 0.1) is 38.5 Å². The molecule has 3 atom stereocenters. The summed E-state index contributed by atoms with van der Waals surface area (Å²) in [5, 5.41) is 11.1. The van der Waals surface area contributed by atoms with Crippen LogP contribution in [0, 0.1) is 11.8 Å². The second kappa shape index (κ2) is 12.2. The third-order valence-electron chi connectivity index (χ3n) is 7.53. The van der Waals surface area contributed by atoms with Gasteiger partial charge in [0.15, 0.2) is 0 Å². The fourth-order valence-electron chi connectivity index (χ4n) is 5.22. The van der Waals surface area contributed by atoms with Crippen molar-refractivity contribution in [1.82, 2.24) is 14.4 Å². The molecule has 3 aromatic rings. The Morgan fingerprint density at radius 1 is 1.15 bits per heavy atom. The van der Waals surface area contributed by atoms with Crippen LogP contribution < -0.4 is 0 Å². The molecule has 2 amide bonds. The van der Waals surface area contributed by atoms with E-state index in [4.69, 9.17) is 9.47 Å². The van der Waals surface area contributed by atoms with Crippen LogP contribution in [-0.2, 0) is 23.1 Å². The number of aliphatic hydroxyl groups excluding tert-OH is 1. The minimum atomic E-state index is -0.406. The zero-order chi connectivity index (χ0) is 28.3. The van der Waals surface area contributed by atoms with Gasteiger partial charge in [-0.2, -0.15) is 0 Å². The van der Waals surface area contributed by atoms with Gasteiger partial charge in [-0.05, 0) is 30.0 Å². The van der Waals surface area contributed by atoms with Gasteiger partial charge in [0.2, 0.25) is 0 Å². The van der Waals surface area contributed by atoms with E-state index in [1.54, 1.807) is 16.8 Å². The van der Waals surface area contributed by atoms with E-state index in [1.165, 1.54) is 0 Å². The van der Waals surface area contributed by atoms with E-state index in [9.17, 15) is 14.7 Å². The van der Waals surface area contributed by atoms with Gasteiger partial charge in [-0.15, -0.1) is 0 Å². The molecule has 2 heterocycles. The Morgan fingerprint density at radius 3 is 2.56 bits per heavy atom. The van der Waals surface area contributed by atoms with Crippen LogP contribution in [0.5, 0.6) is 0 Å². The number of fused-ring (bicyclic) bond motifs is 5. The van der Waals surface area contributed by atoms with E-state index in [1.807, 2.05) is 87.8 Å². The molecule has 39 heavy (non-hydrogen) atoms. The summed E-state index contributed by atoms with van der Waals surface area (Å²) in [5.74, 6) is -0.0346. The number of hydrogen-bond acceptors (Lipinski definition) is 5. The fraction of sp³-hybridized carbons (Fsp3) is 0.484. The molecule has 4 rings (SSSR count). The molecule has 210 valence electrons. The molecule has 1 aliphatic heterocycles. The number of ether oxygens (including phenoxy) is 2. The summed E-state index contributed by atoms with van der Waals surface area (Å²) in [6.45, 7) is 9.04. The number of para-hydroxylation sites is 1. The summed E-state index contributed by atoms with van der Waals surface area (Å²) in [6.07, 6.45) is -0.765. The number of benzene rings is 2. The zero-order valence-corrected chi connectivity index (χ0v) is 23.9. The minimum absolute atomic E-state index is 0.133. The summed E-state index contributed by atoms with van der Waals surface area (Å²) in [4.78, 5) is 30.3. The van der Waals surface area contributed by atoms with Crippen molar-refractivity contribution < 1.29 is 24.2 Å². The summed E-state index contributed by atoms with van der Waals surface area (Å²) in [5.41, 5.74) is 4.32. The standard InChI is InChI=1S/C31H41N3O5/c1-20(2)18-39-31(37)32(5)16-27-21(3)15-34(22(4)17-35)30(36)29-28(24-12-8-7-11-23(24)19-38-27)25-13-9-10-14-26(25)33(29)6/h7-14,20-22,27,35H,15-19H2,1-6H3/t21-,22+,27-/m1/s1. The number of hydrogen-bond donors (Lipinski definition) is 1. The van der Waals surface area contributed by atoms with Crippen LogP contribution >= 0.6 is 0 Å². The molecule has 1 N–H and O–H groups in total. The van der Waals surface area contributed by atoms with E-state index in [-0.39, 0.29) is 30.5 Å². The molecule has 1 aromatic heterocycles. The topological polar surface area (TPSA) is 84.2 Å². The smallest absolute Gasteiger partial charge is 0.409 e. The molecular formula is C31H41N3O5. The molecular weight excluding hydrogens is 494 g/mol. The molecule has 8 heteroatoms. The number of aryl methyl sites for hydroxylation is 1. The molecule has 0 unspecified atom stereocenters. The Bertz CT molecular complexity index is 1320. The molecule has 0 radical (unpaired) electrons. The van der Waals surface area contributed by atoms with Crippen molar-refractivity contribution in [2.75, 3.05) is 33.4 Å². The van der Waals surface area contributed by atoms with Crippen LogP contribution in [0.3, 0.4) is 0 Å². The Labute approximate surface area is 231 Å². The lowest BCUT2D eigenvalue weighted by Gasteiger charge is -2.35. The van der Waals surface area contributed by atoms with Crippen molar-refractivity contribution in [3.63, 3.8) is 0 Å². The highest BCUT2D eigenvalue weighted by Crippen LogP contribution is 2.38. The van der Waals surface area contributed by atoms with Crippen molar-refractivity contribution in [1.29, 1.82) is 0 Å². The Morgan fingerprint density at radius 2 is 1.85 bits per heavy atom. The molecule has 0 bridgehead atoms.